The highest BCUT2D eigenvalue weighted by molar-refractivity contribution is 7.19. The first-order chi connectivity index (χ1) is 15.2. The van der Waals surface area contributed by atoms with E-state index >= 15 is 0 Å². The lowest BCUT2D eigenvalue weighted by molar-refractivity contribution is 0.133. The van der Waals surface area contributed by atoms with Gasteiger partial charge in [0.25, 0.3) is 0 Å². The molecule has 168 valence electrons. The molecule has 3 aromatic rings. The quantitative estimate of drug-likeness (QED) is 0.276. The SMILES string of the molecule is OCc1ccc(O)c(CO)c1CNCCCCCCOCCc1cc2ccccc2s1. The van der Waals surface area contributed by atoms with Gasteiger partial charge in [-0.3, -0.25) is 0 Å². The van der Waals surface area contributed by atoms with Crippen LogP contribution in [0.15, 0.2) is 42.5 Å². The summed E-state index contributed by atoms with van der Waals surface area (Å²) in [5.41, 5.74) is 2.02. The summed E-state index contributed by atoms with van der Waals surface area (Å²) in [5.74, 6) is 0.0730. The summed E-state index contributed by atoms with van der Waals surface area (Å²) in [6.45, 7) is 2.63. The van der Waals surface area contributed by atoms with Crippen molar-refractivity contribution in [3.8, 4) is 5.75 Å². The predicted octanol–water partition coefficient (Wildman–Crippen LogP) is 4.50. The molecule has 4 N–H and O–H groups in total. The first-order valence-electron chi connectivity index (χ1n) is 11.0. The Morgan fingerprint density at radius 1 is 0.871 bits per heavy atom. The molecule has 0 atom stereocenters. The van der Waals surface area contributed by atoms with E-state index in [1.807, 2.05) is 11.3 Å². The normalized spacial score (nSPS) is 11.4. The minimum Gasteiger partial charge on any atom is -0.508 e. The third-order valence-electron chi connectivity index (χ3n) is 5.50. The van der Waals surface area contributed by atoms with E-state index in [4.69, 9.17) is 4.74 Å². The number of hydrogen-bond donors (Lipinski definition) is 4. The van der Waals surface area contributed by atoms with E-state index in [0.29, 0.717) is 12.1 Å². The van der Waals surface area contributed by atoms with Gasteiger partial charge < -0.3 is 25.4 Å². The van der Waals surface area contributed by atoms with Crippen LogP contribution in [0.4, 0.5) is 0 Å². The van der Waals surface area contributed by atoms with Gasteiger partial charge >= 0.3 is 0 Å². The van der Waals surface area contributed by atoms with E-state index in [0.717, 1.165) is 63.0 Å². The van der Waals surface area contributed by atoms with Crippen LogP contribution in [0.2, 0.25) is 0 Å². The maximum Gasteiger partial charge on any atom is 0.121 e. The van der Waals surface area contributed by atoms with Crippen molar-refractivity contribution in [1.29, 1.82) is 0 Å². The van der Waals surface area contributed by atoms with E-state index in [2.05, 4.69) is 35.6 Å². The number of unbranched alkanes of at least 4 members (excludes halogenated alkanes) is 3. The smallest absolute Gasteiger partial charge is 0.121 e. The molecular weight excluding hydrogens is 410 g/mol. The molecule has 0 saturated heterocycles. The zero-order valence-corrected chi connectivity index (χ0v) is 18.8. The molecule has 0 unspecified atom stereocenters. The number of phenols is 1. The number of rotatable bonds is 14. The zero-order chi connectivity index (χ0) is 21.9. The molecule has 1 heterocycles. The van der Waals surface area contributed by atoms with Crippen LogP contribution in [0, 0.1) is 0 Å². The zero-order valence-electron chi connectivity index (χ0n) is 18.0. The van der Waals surface area contributed by atoms with Gasteiger partial charge in [-0.25, -0.2) is 0 Å². The lowest BCUT2D eigenvalue weighted by Crippen LogP contribution is -2.17. The van der Waals surface area contributed by atoms with Crippen molar-refractivity contribution in [2.75, 3.05) is 19.8 Å². The average molecular weight is 444 g/mol. The summed E-state index contributed by atoms with van der Waals surface area (Å²) >= 11 is 1.85. The van der Waals surface area contributed by atoms with Crippen LogP contribution in [-0.2, 0) is 30.9 Å². The fourth-order valence-corrected chi connectivity index (χ4v) is 4.78. The van der Waals surface area contributed by atoms with Gasteiger partial charge in [0, 0.05) is 34.7 Å². The molecule has 0 spiro atoms. The number of thiophene rings is 1. The Labute approximate surface area is 188 Å². The molecular formula is C25H33NO4S. The van der Waals surface area contributed by atoms with Gasteiger partial charge in [0.15, 0.2) is 0 Å². The van der Waals surface area contributed by atoms with Crippen LogP contribution in [0.25, 0.3) is 10.1 Å². The van der Waals surface area contributed by atoms with Crippen LogP contribution in [0.5, 0.6) is 5.75 Å². The summed E-state index contributed by atoms with van der Waals surface area (Å²) in [7, 11) is 0. The Bertz CT molecular complexity index is 907. The maximum absolute atomic E-state index is 9.89. The molecule has 0 fully saturated rings. The van der Waals surface area contributed by atoms with Crippen LogP contribution in [0.3, 0.4) is 0 Å². The van der Waals surface area contributed by atoms with E-state index in [1.54, 1.807) is 6.07 Å². The Morgan fingerprint density at radius 2 is 1.71 bits per heavy atom. The van der Waals surface area contributed by atoms with Gasteiger partial charge in [-0.15, -0.1) is 11.3 Å². The number of fused-ring (bicyclic) bond motifs is 1. The van der Waals surface area contributed by atoms with Gasteiger partial charge in [-0.1, -0.05) is 37.1 Å². The second-order valence-electron chi connectivity index (χ2n) is 7.72. The van der Waals surface area contributed by atoms with Crippen molar-refractivity contribution in [2.24, 2.45) is 0 Å². The topological polar surface area (TPSA) is 82.0 Å². The molecule has 0 bridgehead atoms. The second-order valence-corrected chi connectivity index (χ2v) is 8.89. The van der Waals surface area contributed by atoms with Gasteiger partial charge in [0.1, 0.15) is 5.75 Å². The summed E-state index contributed by atoms with van der Waals surface area (Å²) in [5, 5.41) is 33.5. The number of ether oxygens (including phenoxy) is 1. The van der Waals surface area contributed by atoms with Gasteiger partial charge in [0.05, 0.1) is 19.8 Å². The van der Waals surface area contributed by atoms with Crippen LogP contribution < -0.4 is 5.32 Å². The van der Waals surface area contributed by atoms with E-state index in [-0.39, 0.29) is 19.0 Å². The molecule has 31 heavy (non-hydrogen) atoms. The Balaban J connectivity index is 1.23. The number of nitrogens with one attached hydrogen (secondary N) is 1. The maximum atomic E-state index is 9.89. The standard InChI is InChI=1S/C25H33NO4S/c27-17-20-9-10-24(29)23(18-28)22(20)16-26-12-5-1-2-6-13-30-14-11-21-15-19-7-3-4-8-25(19)31-21/h3-4,7-10,15,26-29H,1-2,5-6,11-14,16-18H2. The summed E-state index contributed by atoms with van der Waals surface area (Å²) < 4.78 is 7.14. The third kappa shape index (κ3) is 7.02. The summed E-state index contributed by atoms with van der Waals surface area (Å²) in [6, 6.07) is 14.0. The molecule has 5 nitrogen and oxygen atoms in total. The number of aromatic hydroxyl groups is 1. The van der Waals surface area contributed by atoms with Crippen molar-refractivity contribution in [3.05, 3.63) is 64.0 Å². The number of aliphatic hydroxyl groups excluding tert-OH is 2. The minimum absolute atomic E-state index is 0.0730. The van der Waals surface area contributed by atoms with Crippen molar-refractivity contribution in [2.45, 2.75) is 51.9 Å². The summed E-state index contributed by atoms with van der Waals surface area (Å²) in [6.07, 6.45) is 5.38. The van der Waals surface area contributed by atoms with Crippen LogP contribution in [0.1, 0.15) is 47.3 Å². The van der Waals surface area contributed by atoms with Gasteiger partial charge in [-0.2, -0.15) is 0 Å². The molecule has 0 aliphatic rings. The molecule has 2 aromatic carbocycles. The molecule has 6 heteroatoms. The molecule has 0 aliphatic heterocycles. The molecule has 1 aromatic heterocycles. The van der Waals surface area contributed by atoms with Gasteiger partial charge in [0.2, 0.25) is 0 Å². The van der Waals surface area contributed by atoms with Crippen LogP contribution in [-0.4, -0.2) is 35.1 Å². The molecule has 0 saturated carbocycles. The second kappa shape index (κ2) is 12.8. The predicted molar refractivity (Wildman–Crippen MR) is 126 cm³/mol. The Hall–Kier alpha value is -1.96. The molecule has 0 amide bonds. The first kappa shape index (κ1) is 23.7. The average Bonchev–Trinajstić information content (AvgIpc) is 3.20. The minimum atomic E-state index is -0.237. The number of aliphatic hydroxyl groups is 2. The van der Waals surface area contributed by atoms with E-state index in [1.165, 1.54) is 21.0 Å². The fraction of sp³-hybridized carbons (Fsp3) is 0.440. The lowest BCUT2D eigenvalue weighted by Gasteiger charge is -2.14. The highest BCUT2D eigenvalue weighted by Gasteiger charge is 2.11. The number of hydrogen-bond acceptors (Lipinski definition) is 6. The van der Waals surface area contributed by atoms with Crippen molar-refractivity contribution in [3.63, 3.8) is 0 Å². The van der Waals surface area contributed by atoms with Crippen LogP contribution >= 0.6 is 11.3 Å². The largest absolute Gasteiger partial charge is 0.508 e. The van der Waals surface area contributed by atoms with Crippen molar-refractivity contribution < 1.29 is 20.1 Å². The Morgan fingerprint density at radius 3 is 2.52 bits per heavy atom. The van der Waals surface area contributed by atoms with Crippen molar-refractivity contribution >= 4 is 21.4 Å². The molecule has 3 rings (SSSR count). The lowest BCUT2D eigenvalue weighted by atomic mass is 10.0. The molecule has 0 radical (unpaired) electrons. The van der Waals surface area contributed by atoms with Gasteiger partial charge in [-0.05, 0) is 54.1 Å². The van der Waals surface area contributed by atoms with Crippen molar-refractivity contribution in [1.82, 2.24) is 5.32 Å². The first-order valence-corrected chi connectivity index (χ1v) is 11.8. The van der Waals surface area contributed by atoms with E-state index in [9.17, 15) is 15.3 Å². The highest BCUT2D eigenvalue weighted by Crippen LogP contribution is 2.26. The monoisotopic (exact) mass is 443 g/mol. The molecule has 0 aliphatic carbocycles. The number of benzene rings is 2. The Kier molecular flexibility index (Phi) is 9.78. The summed E-state index contributed by atoms with van der Waals surface area (Å²) in [4.78, 5) is 1.38. The third-order valence-corrected chi connectivity index (χ3v) is 6.67. The van der Waals surface area contributed by atoms with E-state index < -0.39 is 0 Å². The fourth-order valence-electron chi connectivity index (χ4n) is 3.73. The highest BCUT2D eigenvalue weighted by atomic mass is 32.1.